The first-order valence-electron chi connectivity index (χ1n) is 8.63. The summed E-state index contributed by atoms with van der Waals surface area (Å²) in [6.07, 6.45) is -1.03. The standard InChI is InChI=1S/C21H16FNO4S/c1-12(20(24)23-15-6-4-5-14(22)10-15)27-21(25)18-9-13-11-26-17-8-3-2-7-16(17)19(13)28-18/h2-10,12H,11H2,1H3,(H,23,24)/t12-/m1/s1. The number of rotatable bonds is 4. The lowest BCUT2D eigenvalue weighted by Crippen LogP contribution is -2.29. The molecule has 1 atom stereocenters. The van der Waals surface area contributed by atoms with E-state index in [4.69, 9.17) is 9.47 Å². The monoisotopic (exact) mass is 397 g/mol. The average Bonchev–Trinajstić information content (AvgIpc) is 3.13. The smallest absolute Gasteiger partial charge is 0.349 e. The molecule has 2 heterocycles. The van der Waals surface area contributed by atoms with Crippen LogP contribution in [0.1, 0.15) is 22.2 Å². The van der Waals surface area contributed by atoms with Crippen LogP contribution in [0.2, 0.25) is 0 Å². The summed E-state index contributed by atoms with van der Waals surface area (Å²) < 4.78 is 24.2. The second-order valence-corrected chi connectivity index (χ2v) is 7.35. The van der Waals surface area contributed by atoms with Crippen molar-refractivity contribution in [2.24, 2.45) is 0 Å². The maximum absolute atomic E-state index is 13.2. The van der Waals surface area contributed by atoms with E-state index in [1.54, 1.807) is 12.1 Å². The number of hydrogen-bond acceptors (Lipinski definition) is 5. The Morgan fingerprint density at radius 3 is 2.82 bits per heavy atom. The Bertz CT molecular complexity index is 1060. The van der Waals surface area contributed by atoms with E-state index in [1.807, 2.05) is 24.3 Å². The molecule has 2 aromatic carbocycles. The van der Waals surface area contributed by atoms with Crippen molar-refractivity contribution < 1.29 is 23.5 Å². The maximum Gasteiger partial charge on any atom is 0.349 e. The number of halogens is 1. The molecule has 5 nitrogen and oxygen atoms in total. The first kappa shape index (κ1) is 18.2. The van der Waals surface area contributed by atoms with Crippen LogP contribution < -0.4 is 10.1 Å². The first-order chi connectivity index (χ1) is 13.5. The number of esters is 1. The van der Waals surface area contributed by atoms with Crippen molar-refractivity contribution in [2.45, 2.75) is 19.6 Å². The molecule has 0 bridgehead atoms. The van der Waals surface area contributed by atoms with Crippen LogP contribution >= 0.6 is 11.3 Å². The predicted octanol–water partition coefficient (Wildman–Crippen LogP) is 4.63. The summed E-state index contributed by atoms with van der Waals surface area (Å²) >= 11 is 1.31. The van der Waals surface area contributed by atoms with Crippen molar-refractivity contribution >= 4 is 28.9 Å². The van der Waals surface area contributed by atoms with E-state index in [0.717, 1.165) is 21.8 Å². The highest BCUT2D eigenvalue weighted by Gasteiger charge is 2.25. The highest BCUT2D eigenvalue weighted by Crippen LogP contribution is 2.42. The third-order valence-corrected chi connectivity index (χ3v) is 5.46. The summed E-state index contributed by atoms with van der Waals surface area (Å²) in [6.45, 7) is 1.85. The normalized spacial score (nSPS) is 12.9. The molecule has 3 aromatic rings. The van der Waals surface area contributed by atoms with E-state index in [0.29, 0.717) is 17.2 Å². The van der Waals surface area contributed by atoms with Gasteiger partial charge < -0.3 is 14.8 Å². The molecule has 4 rings (SSSR count). The fourth-order valence-corrected chi connectivity index (χ4v) is 3.96. The topological polar surface area (TPSA) is 64.6 Å². The van der Waals surface area contributed by atoms with E-state index >= 15 is 0 Å². The van der Waals surface area contributed by atoms with Gasteiger partial charge in [-0.2, -0.15) is 0 Å². The predicted molar refractivity (Wildman–Crippen MR) is 104 cm³/mol. The molecule has 7 heteroatoms. The van der Waals surface area contributed by atoms with Gasteiger partial charge in [-0.1, -0.05) is 18.2 Å². The van der Waals surface area contributed by atoms with Crippen molar-refractivity contribution in [3.8, 4) is 16.2 Å². The number of benzene rings is 2. The number of carbonyl (C=O) groups is 2. The van der Waals surface area contributed by atoms with E-state index < -0.39 is 23.8 Å². The summed E-state index contributed by atoms with van der Waals surface area (Å²) in [4.78, 5) is 26.1. The van der Waals surface area contributed by atoms with Gasteiger partial charge in [-0.3, -0.25) is 4.79 Å². The minimum absolute atomic E-state index is 0.299. The Hall–Kier alpha value is -3.19. The van der Waals surface area contributed by atoms with E-state index in [9.17, 15) is 14.0 Å². The highest BCUT2D eigenvalue weighted by atomic mass is 32.1. The summed E-state index contributed by atoms with van der Waals surface area (Å²) in [7, 11) is 0. The SMILES string of the molecule is C[C@@H](OC(=O)c1cc2c(s1)-c1ccccc1OC2)C(=O)Nc1cccc(F)c1. The fourth-order valence-electron chi connectivity index (χ4n) is 2.88. The molecule has 1 aromatic heterocycles. The maximum atomic E-state index is 13.2. The second kappa shape index (κ2) is 7.44. The van der Waals surface area contributed by atoms with Crippen molar-refractivity contribution in [1.82, 2.24) is 0 Å². The summed E-state index contributed by atoms with van der Waals surface area (Å²) in [5, 5.41) is 2.53. The third kappa shape index (κ3) is 3.61. The number of nitrogens with one attached hydrogen (secondary N) is 1. The molecule has 0 spiro atoms. The largest absolute Gasteiger partial charge is 0.488 e. The Labute approximate surface area is 164 Å². The molecule has 1 amide bonds. The van der Waals surface area contributed by atoms with Gasteiger partial charge in [0.15, 0.2) is 6.10 Å². The van der Waals surface area contributed by atoms with E-state index in [1.165, 1.54) is 36.5 Å². The third-order valence-electron chi connectivity index (χ3n) is 4.27. The molecule has 1 N–H and O–H groups in total. The van der Waals surface area contributed by atoms with Crippen LogP contribution in [0.15, 0.2) is 54.6 Å². The van der Waals surface area contributed by atoms with Gasteiger partial charge in [0.25, 0.3) is 5.91 Å². The van der Waals surface area contributed by atoms with E-state index in [2.05, 4.69) is 5.32 Å². The molecular weight excluding hydrogens is 381 g/mol. The molecular formula is C21H16FNO4S. The van der Waals surface area contributed by atoms with E-state index in [-0.39, 0.29) is 0 Å². The number of thiophene rings is 1. The lowest BCUT2D eigenvalue weighted by Gasteiger charge is -2.16. The number of carbonyl (C=O) groups excluding carboxylic acids is 2. The van der Waals surface area contributed by atoms with Crippen LogP contribution in [-0.4, -0.2) is 18.0 Å². The summed E-state index contributed by atoms with van der Waals surface area (Å²) in [5.74, 6) is -0.804. The molecule has 28 heavy (non-hydrogen) atoms. The minimum atomic E-state index is -1.03. The first-order valence-corrected chi connectivity index (χ1v) is 9.45. The highest BCUT2D eigenvalue weighted by molar-refractivity contribution is 7.17. The number of para-hydroxylation sites is 1. The molecule has 0 radical (unpaired) electrons. The minimum Gasteiger partial charge on any atom is -0.488 e. The van der Waals surface area contributed by atoms with Crippen molar-refractivity contribution in [1.29, 1.82) is 0 Å². The molecule has 0 saturated carbocycles. The summed E-state index contributed by atoms with van der Waals surface area (Å²) in [5.41, 5.74) is 2.14. The fraction of sp³-hybridized carbons (Fsp3) is 0.143. The van der Waals surface area contributed by atoms with Crippen molar-refractivity contribution in [3.63, 3.8) is 0 Å². The second-order valence-electron chi connectivity index (χ2n) is 6.30. The Morgan fingerprint density at radius 2 is 2.00 bits per heavy atom. The van der Waals surface area contributed by atoms with Gasteiger partial charge in [0.05, 0.1) is 0 Å². The van der Waals surface area contributed by atoms with Gasteiger partial charge >= 0.3 is 5.97 Å². The molecule has 142 valence electrons. The molecule has 0 aliphatic carbocycles. The van der Waals surface area contributed by atoms with Crippen LogP contribution in [0.4, 0.5) is 10.1 Å². The van der Waals surface area contributed by atoms with Crippen LogP contribution in [0.3, 0.4) is 0 Å². The molecule has 0 unspecified atom stereocenters. The van der Waals surface area contributed by atoms with Gasteiger partial charge in [0.1, 0.15) is 23.1 Å². The Balaban J connectivity index is 1.46. The van der Waals surface area contributed by atoms with Gasteiger partial charge in [0.2, 0.25) is 0 Å². The number of fused-ring (bicyclic) bond motifs is 3. The van der Waals surface area contributed by atoms with Crippen molar-refractivity contribution in [3.05, 3.63) is 70.9 Å². The van der Waals surface area contributed by atoms with Gasteiger partial charge in [-0.05, 0) is 43.3 Å². The zero-order valence-electron chi connectivity index (χ0n) is 14.9. The summed E-state index contributed by atoms with van der Waals surface area (Å²) in [6, 6.07) is 14.9. The Kier molecular flexibility index (Phi) is 4.83. The number of ether oxygens (including phenoxy) is 2. The zero-order valence-corrected chi connectivity index (χ0v) is 15.7. The molecule has 0 fully saturated rings. The molecule has 1 aliphatic rings. The molecule has 0 saturated heterocycles. The number of anilines is 1. The number of amides is 1. The molecule has 1 aliphatic heterocycles. The Morgan fingerprint density at radius 1 is 1.18 bits per heavy atom. The van der Waals surface area contributed by atoms with Crippen molar-refractivity contribution in [2.75, 3.05) is 5.32 Å². The number of hydrogen-bond donors (Lipinski definition) is 1. The van der Waals surface area contributed by atoms with Crippen LogP contribution in [0.5, 0.6) is 5.75 Å². The van der Waals surface area contributed by atoms with Gasteiger partial charge in [0, 0.05) is 21.7 Å². The lowest BCUT2D eigenvalue weighted by molar-refractivity contribution is -0.123. The quantitative estimate of drug-likeness (QED) is 0.652. The van der Waals surface area contributed by atoms with Crippen LogP contribution in [-0.2, 0) is 16.1 Å². The van der Waals surface area contributed by atoms with Gasteiger partial charge in [-0.25, -0.2) is 9.18 Å². The van der Waals surface area contributed by atoms with Gasteiger partial charge in [-0.15, -0.1) is 11.3 Å². The lowest BCUT2D eigenvalue weighted by atomic mass is 10.1. The van der Waals surface area contributed by atoms with Crippen LogP contribution in [0, 0.1) is 5.82 Å². The van der Waals surface area contributed by atoms with Crippen LogP contribution in [0.25, 0.3) is 10.4 Å². The average molecular weight is 397 g/mol. The zero-order chi connectivity index (χ0) is 19.7.